The molecule has 0 radical (unpaired) electrons. The van der Waals surface area contributed by atoms with E-state index in [1.807, 2.05) is 41.8 Å². The number of thioether (sulfide) groups is 1. The molecule has 2 N–H and O–H groups in total. The first-order valence-electron chi connectivity index (χ1n) is 9.50. The van der Waals surface area contributed by atoms with Crippen LogP contribution in [0.3, 0.4) is 0 Å². The lowest BCUT2D eigenvalue weighted by Crippen LogP contribution is -2.40. The van der Waals surface area contributed by atoms with E-state index < -0.39 is 11.9 Å². The van der Waals surface area contributed by atoms with E-state index in [1.54, 1.807) is 12.1 Å². The van der Waals surface area contributed by atoms with E-state index in [4.69, 9.17) is 0 Å². The highest BCUT2D eigenvalue weighted by Crippen LogP contribution is 2.25. The number of nitrogens with zero attached hydrogens (tertiary/aromatic N) is 3. The number of nitrogens with one attached hydrogen (secondary N) is 2. The fourth-order valence-electron chi connectivity index (χ4n) is 2.69. The van der Waals surface area contributed by atoms with Crippen molar-refractivity contribution in [2.45, 2.75) is 25.0 Å². The Morgan fingerprint density at radius 3 is 2.50 bits per heavy atom. The highest BCUT2D eigenvalue weighted by atomic mass is 32.2. The first-order valence-corrected chi connectivity index (χ1v) is 10.5. The molecule has 0 aliphatic carbocycles. The molecule has 3 rings (SSSR count). The predicted octanol–water partition coefficient (Wildman–Crippen LogP) is 3.46. The Morgan fingerprint density at radius 2 is 1.80 bits per heavy atom. The molecule has 1 heterocycles. The van der Waals surface area contributed by atoms with Crippen molar-refractivity contribution in [1.82, 2.24) is 25.4 Å². The summed E-state index contributed by atoms with van der Waals surface area (Å²) < 4.78 is 15.2. The second-order valence-electron chi connectivity index (χ2n) is 6.48. The van der Waals surface area contributed by atoms with Crippen LogP contribution < -0.4 is 10.6 Å². The van der Waals surface area contributed by atoms with Gasteiger partial charge in [-0.1, -0.05) is 49.0 Å². The first-order chi connectivity index (χ1) is 14.6. The van der Waals surface area contributed by atoms with Gasteiger partial charge in [-0.3, -0.25) is 14.7 Å². The zero-order valence-corrected chi connectivity index (χ0v) is 17.3. The topological polar surface area (TPSA) is 88.9 Å². The highest BCUT2D eigenvalue weighted by Gasteiger charge is 2.17. The summed E-state index contributed by atoms with van der Waals surface area (Å²) in [6.45, 7) is 2.91. The summed E-state index contributed by atoms with van der Waals surface area (Å²) in [7, 11) is 0. The predicted molar refractivity (Wildman–Crippen MR) is 114 cm³/mol. The molecule has 9 heteroatoms. The molecular weight excluding hydrogens is 405 g/mol. The van der Waals surface area contributed by atoms with Crippen LogP contribution in [0.25, 0.3) is 11.4 Å². The maximum Gasteiger partial charge on any atom is 0.321 e. The molecule has 156 valence electrons. The molecule has 2 aromatic carbocycles. The van der Waals surface area contributed by atoms with Gasteiger partial charge in [0.2, 0.25) is 5.91 Å². The molecule has 0 aliphatic heterocycles. The summed E-state index contributed by atoms with van der Waals surface area (Å²) in [5.74, 6) is -0.176. The second-order valence-corrected chi connectivity index (χ2v) is 7.42. The molecule has 0 saturated carbocycles. The fourth-order valence-corrected chi connectivity index (χ4v) is 3.43. The minimum absolute atomic E-state index is 0.00981. The summed E-state index contributed by atoms with van der Waals surface area (Å²) in [4.78, 5) is 23.7. The lowest BCUT2D eigenvalue weighted by Gasteiger charge is -2.11. The van der Waals surface area contributed by atoms with Crippen molar-refractivity contribution in [3.8, 4) is 11.4 Å². The van der Waals surface area contributed by atoms with E-state index in [9.17, 15) is 14.0 Å². The zero-order valence-electron chi connectivity index (χ0n) is 16.5. The number of aromatic nitrogens is 3. The summed E-state index contributed by atoms with van der Waals surface area (Å²) >= 11 is 1.18. The van der Waals surface area contributed by atoms with E-state index >= 15 is 0 Å². The summed E-state index contributed by atoms with van der Waals surface area (Å²) in [6, 6.07) is 15.3. The van der Waals surface area contributed by atoms with Crippen molar-refractivity contribution in [2.75, 3.05) is 12.3 Å². The SMILES string of the molecule is CCCNC(=O)NC(=O)CSc1nnc(-c2ccc(F)cc2)n1Cc1ccccc1. The van der Waals surface area contributed by atoms with E-state index in [2.05, 4.69) is 20.8 Å². The molecule has 0 saturated heterocycles. The number of urea groups is 1. The number of halogens is 1. The van der Waals surface area contributed by atoms with Gasteiger partial charge in [0.05, 0.1) is 12.3 Å². The molecule has 0 unspecified atom stereocenters. The molecule has 0 spiro atoms. The van der Waals surface area contributed by atoms with Crippen LogP contribution in [0, 0.1) is 5.82 Å². The number of hydrogen-bond donors (Lipinski definition) is 2. The van der Waals surface area contributed by atoms with Gasteiger partial charge in [-0.2, -0.15) is 0 Å². The third-order valence-corrected chi connectivity index (χ3v) is 5.09. The molecular formula is C21H22FN5O2S. The Hall–Kier alpha value is -3.20. The summed E-state index contributed by atoms with van der Waals surface area (Å²) in [5.41, 5.74) is 1.75. The van der Waals surface area contributed by atoms with Crippen LogP contribution in [0.2, 0.25) is 0 Å². The van der Waals surface area contributed by atoms with Crippen molar-refractivity contribution in [2.24, 2.45) is 0 Å². The van der Waals surface area contributed by atoms with Crippen LogP contribution >= 0.6 is 11.8 Å². The largest absolute Gasteiger partial charge is 0.338 e. The van der Waals surface area contributed by atoms with E-state index in [0.29, 0.717) is 24.1 Å². The number of imide groups is 1. The third kappa shape index (κ3) is 5.90. The van der Waals surface area contributed by atoms with Crippen molar-refractivity contribution in [3.05, 3.63) is 66.0 Å². The van der Waals surface area contributed by atoms with Gasteiger partial charge >= 0.3 is 6.03 Å². The maximum atomic E-state index is 13.3. The lowest BCUT2D eigenvalue weighted by molar-refractivity contribution is -0.117. The lowest BCUT2D eigenvalue weighted by atomic mass is 10.2. The second kappa shape index (κ2) is 10.5. The number of rotatable bonds is 8. The Balaban J connectivity index is 1.77. The van der Waals surface area contributed by atoms with Crippen LogP contribution in [-0.2, 0) is 11.3 Å². The number of benzene rings is 2. The molecule has 0 aliphatic rings. The molecule has 3 aromatic rings. The number of hydrogen-bond acceptors (Lipinski definition) is 5. The van der Waals surface area contributed by atoms with Gasteiger partial charge in [0.1, 0.15) is 5.82 Å². The molecule has 30 heavy (non-hydrogen) atoms. The van der Waals surface area contributed by atoms with Crippen LogP contribution in [-0.4, -0.2) is 39.0 Å². The van der Waals surface area contributed by atoms with Crippen molar-refractivity contribution < 1.29 is 14.0 Å². The monoisotopic (exact) mass is 427 g/mol. The maximum absolute atomic E-state index is 13.3. The third-order valence-electron chi connectivity index (χ3n) is 4.12. The van der Waals surface area contributed by atoms with Crippen LogP contribution in [0.15, 0.2) is 59.8 Å². The van der Waals surface area contributed by atoms with Gasteiger partial charge in [0.25, 0.3) is 0 Å². The van der Waals surface area contributed by atoms with Gasteiger partial charge in [-0.25, -0.2) is 9.18 Å². The summed E-state index contributed by atoms with van der Waals surface area (Å²) in [6.07, 6.45) is 0.783. The normalized spacial score (nSPS) is 10.6. The Morgan fingerprint density at radius 1 is 1.07 bits per heavy atom. The van der Waals surface area contributed by atoms with Gasteiger partial charge in [0.15, 0.2) is 11.0 Å². The van der Waals surface area contributed by atoms with Crippen molar-refractivity contribution in [3.63, 3.8) is 0 Å². The summed E-state index contributed by atoms with van der Waals surface area (Å²) in [5, 5.41) is 13.9. The average Bonchev–Trinajstić information content (AvgIpc) is 3.14. The van der Waals surface area contributed by atoms with Gasteiger partial charge < -0.3 is 5.32 Å². The average molecular weight is 428 g/mol. The smallest absolute Gasteiger partial charge is 0.321 e. The molecule has 0 bridgehead atoms. The van der Waals surface area contributed by atoms with Crippen LogP contribution in [0.5, 0.6) is 0 Å². The van der Waals surface area contributed by atoms with Crippen molar-refractivity contribution >= 4 is 23.7 Å². The van der Waals surface area contributed by atoms with Crippen LogP contribution in [0.1, 0.15) is 18.9 Å². The van der Waals surface area contributed by atoms with E-state index in [1.165, 1.54) is 23.9 Å². The fraction of sp³-hybridized carbons (Fsp3) is 0.238. The van der Waals surface area contributed by atoms with E-state index in [0.717, 1.165) is 17.5 Å². The highest BCUT2D eigenvalue weighted by molar-refractivity contribution is 7.99. The quantitative estimate of drug-likeness (QED) is 0.538. The van der Waals surface area contributed by atoms with Crippen molar-refractivity contribution in [1.29, 1.82) is 0 Å². The Kier molecular flexibility index (Phi) is 7.56. The van der Waals surface area contributed by atoms with E-state index in [-0.39, 0.29) is 11.6 Å². The molecule has 0 atom stereocenters. The molecule has 3 amide bonds. The Bertz CT molecular complexity index is 992. The zero-order chi connectivity index (χ0) is 21.3. The number of carbonyl (C=O) groups is 2. The van der Waals surface area contributed by atoms with Gasteiger partial charge in [-0.15, -0.1) is 10.2 Å². The molecule has 7 nitrogen and oxygen atoms in total. The standard InChI is InChI=1S/C21H22FN5O2S/c1-2-12-23-20(29)24-18(28)14-30-21-26-25-19(16-8-10-17(22)11-9-16)27(21)13-15-6-4-3-5-7-15/h3-11H,2,12-14H2,1H3,(H2,23,24,28,29). The Labute approximate surface area is 178 Å². The number of carbonyl (C=O) groups excluding carboxylic acids is 2. The van der Waals surface area contributed by atoms with Crippen LogP contribution in [0.4, 0.5) is 9.18 Å². The number of amides is 3. The molecule has 1 aromatic heterocycles. The van der Waals surface area contributed by atoms with Gasteiger partial charge in [0, 0.05) is 12.1 Å². The minimum atomic E-state index is -0.514. The molecule has 0 fully saturated rings. The minimum Gasteiger partial charge on any atom is -0.338 e. The first kappa shape index (κ1) is 21.5. The van der Waals surface area contributed by atoms with Gasteiger partial charge in [-0.05, 0) is 36.2 Å².